The molecule has 0 atom stereocenters. The minimum atomic E-state index is -3.19. The van der Waals surface area contributed by atoms with Crippen molar-refractivity contribution in [3.05, 3.63) is 71.6 Å². The number of rotatable bonds is 3. The first kappa shape index (κ1) is 15.2. The van der Waals surface area contributed by atoms with Crippen molar-refractivity contribution in [2.45, 2.75) is 11.3 Å². The van der Waals surface area contributed by atoms with Gasteiger partial charge in [-0.15, -0.1) is 0 Å². The van der Waals surface area contributed by atoms with E-state index in [9.17, 15) is 8.42 Å². The van der Waals surface area contributed by atoms with Crippen LogP contribution in [0.1, 0.15) is 23.2 Å². The Morgan fingerprint density at radius 2 is 1.61 bits per heavy atom. The zero-order chi connectivity index (χ0) is 16.4. The van der Waals surface area contributed by atoms with E-state index in [0.29, 0.717) is 10.6 Å². The molecule has 23 heavy (non-hydrogen) atoms. The van der Waals surface area contributed by atoms with Crippen LogP contribution in [0.4, 0.5) is 0 Å². The predicted molar refractivity (Wildman–Crippen MR) is 89.1 cm³/mol. The monoisotopic (exact) mass is 322 g/mol. The number of pyridine rings is 1. The molecule has 0 saturated heterocycles. The summed E-state index contributed by atoms with van der Waals surface area (Å²) >= 11 is 0. The van der Waals surface area contributed by atoms with Gasteiger partial charge < -0.3 is 0 Å². The second-order valence-electron chi connectivity index (χ2n) is 5.31. The lowest BCUT2D eigenvalue weighted by atomic mass is 9.96. The standard InChI is InChI=1S/C18H14N2O2S/c1-23(21,22)16-9-6-13(7-10-16)17-3-2-4-18(17)14-5-8-15(11-19)20-12-14/h3-10,12H,2H2,1H3. The first-order chi connectivity index (χ1) is 11.0. The Balaban J connectivity index is 1.94. The fraction of sp³-hybridized carbons (Fsp3) is 0.111. The molecule has 0 saturated carbocycles. The lowest BCUT2D eigenvalue weighted by molar-refractivity contribution is 0.602. The number of aromatic nitrogens is 1. The lowest BCUT2D eigenvalue weighted by Gasteiger charge is -2.10. The summed E-state index contributed by atoms with van der Waals surface area (Å²) in [5.41, 5.74) is 4.39. The zero-order valence-electron chi connectivity index (χ0n) is 12.5. The van der Waals surface area contributed by atoms with E-state index in [2.05, 4.69) is 17.1 Å². The topological polar surface area (TPSA) is 70.8 Å². The molecule has 114 valence electrons. The molecule has 1 aromatic heterocycles. The smallest absolute Gasteiger partial charge is 0.175 e. The molecule has 1 aliphatic carbocycles. The summed E-state index contributed by atoms with van der Waals surface area (Å²) in [6, 6.07) is 12.5. The van der Waals surface area contributed by atoms with Gasteiger partial charge in [0.15, 0.2) is 9.84 Å². The van der Waals surface area contributed by atoms with Crippen LogP contribution in [-0.2, 0) is 9.84 Å². The van der Waals surface area contributed by atoms with E-state index in [-0.39, 0.29) is 0 Å². The molecule has 0 amide bonds. The fourth-order valence-corrected chi connectivity index (χ4v) is 3.19. The van der Waals surface area contributed by atoms with E-state index in [1.165, 1.54) is 6.26 Å². The lowest BCUT2D eigenvalue weighted by Crippen LogP contribution is -1.97. The number of sulfone groups is 1. The molecule has 2 aromatic rings. The van der Waals surface area contributed by atoms with Gasteiger partial charge >= 0.3 is 0 Å². The highest BCUT2D eigenvalue weighted by molar-refractivity contribution is 7.90. The predicted octanol–water partition coefficient (Wildman–Crippen LogP) is 3.23. The molecule has 0 bridgehead atoms. The Morgan fingerprint density at radius 1 is 1.00 bits per heavy atom. The normalized spacial score (nSPS) is 14.1. The van der Waals surface area contributed by atoms with Gasteiger partial charge in [-0.3, -0.25) is 0 Å². The number of nitrogens with zero attached hydrogens (tertiary/aromatic N) is 2. The molecule has 1 aromatic carbocycles. The van der Waals surface area contributed by atoms with Crippen LogP contribution in [-0.4, -0.2) is 19.7 Å². The Bertz CT molecular complexity index is 946. The summed E-state index contributed by atoms with van der Waals surface area (Å²) in [5.74, 6) is 0. The van der Waals surface area contributed by atoms with Gasteiger partial charge in [0.05, 0.1) is 4.90 Å². The first-order valence-electron chi connectivity index (χ1n) is 7.07. The van der Waals surface area contributed by atoms with Crippen molar-refractivity contribution in [2.75, 3.05) is 6.26 Å². The van der Waals surface area contributed by atoms with Crippen molar-refractivity contribution < 1.29 is 8.42 Å². The Kier molecular flexibility index (Phi) is 3.85. The van der Waals surface area contributed by atoms with Gasteiger partial charge in [0, 0.05) is 18.0 Å². The van der Waals surface area contributed by atoms with Gasteiger partial charge in [-0.1, -0.05) is 24.3 Å². The molecule has 4 nitrogen and oxygen atoms in total. The van der Waals surface area contributed by atoms with E-state index in [1.54, 1.807) is 24.4 Å². The highest BCUT2D eigenvalue weighted by Crippen LogP contribution is 2.36. The number of nitriles is 1. The maximum atomic E-state index is 11.6. The highest BCUT2D eigenvalue weighted by Gasteiger charge is 2.15. The minimum absolute atomic E-state index is 0.311. The van der Waals surface area contributed by atoms with E-state index in [1.807, 2.05) is 24.3 Å². The highest BCUT2D eigenvalue weighted by atomic mass is 32.2. The second kappa shape index (κ2) is 5.82. The molecular weight excluding hydrogens is 308 g/mol. The molecule has 3 rings (SSSR count). The minimum Gasteiger partial charge on any atom is -0.245 e. The average molecular weight is 322 g/mol. The van der Waals surface area contributed by atoms with Crippen molar-refractivity contribution in [2.24, 2.45) is 0 Å². The van der Waals surface area contributed by atoms with Gasteiger partial charge in [0.25, 0.3) is 0 Å². The summed E-state index contributed by atoms with van der Waals surface area (Å²) in [6.45, 7) is 0. The van der Waals surface area contributed by atoms with Crippen LogP contribution in [0.2, 0.25) is 0 Å². The maximum absolute atomic E-state index is 11.6. The van der Waals surface area contributed by atoms with Crippen molar-refractivity contribution >= 4 is 21.0 Å². The first-order valence-corrected chi connectivity index (χ1v) is 8.96. The van der Waals surface area contributed by atoms with E-state index < -0.39 is 9.84 Å². The summed E-state index contributed by atoms with van der Waals surface area (Å²) in [6.07, 6.45) is 7.91. The molecule has 0 radical (unpaired) electrons. The van der Waals surface area contributed by atoms with Crippen LogP contribution in [0, 0.1) is 11.3 Å². The number of hydrogen-bond donors (Lipinski definition) is 0. The van der Waals surface area contributed by atoms with Gasteiger partial charge in [-0.05, 0) is 47.4 Å². The van der Waals surface area contributed by atoms with Crippen molar-refractivity contribution in [3.63, 3.8) is 0 Å². The maximum Gasteiger partial charge on any atom is 0.175 e. The number of allylic oxidation sites excluding steroid dienone is 4. The molecule has 0 unspecified atom stereocenters. The molecule has 0 spiro atoms. The SMILES string of the molecule is CS(=O)(=O)c1ccc(C2=CCC=C2c2ccc(C#N)nc2)cc1. The fourth-order valence-electron chi connectivity index (χ4n) is 2.56. The van der Waals surface area contributed by atoms with Gasteiger partial charge in [0.1, 0.15) is 11.8 Å². The summed E-state index contributed by atoms with van der Waals surface area (Å²) in [7, 11) is -3.19. The quantitative estimate of drug-likeness (QED) is 0.870. The van der Waals surface area contributed by atoms with Gasteiger partial charge in [-0.2, -0.15) is 5.26 Å². The summed E-state index contributed by atoms with van der Waals surface area (Å²) in [5, 5.41) is 8.83. The molecule has 5 heteroatoms. The Morgan fingerprint density at radius 3 is 2.13 bits per heavy atom. The van der Waals surface area contributed by atoms with Crippen molar-refractivity contribution in [3.8, 4) is 6.07 Å². The van der Waals surface area contributed by atoms with Crippen LogP contribution in [0.5, 0.6) is 0 Å². The van der Waals surface area contributed by atoms with Crippen LogP contribution in [0.3, 0.4) is 0 Å². The molecule has 1 aliphatic rings. The molecular formula is C18H14N2O2S. The second-order valence-corrected chi connectivity index (χ2v) is 7.33. The van der Waals surface area contributed by atoms with E-state index in [0.717, 1.165) is 28.7 Å². The third-order valence-corrected chi connectivity index (χ3v) is 4.85. The molecule has 0 N–H and O–H groups in total. The van der Waals surface area contributed by atoms with E-state index >= 15 is 0 Å². The zero-order valence-corrected chi connectivity index (χ0v) is 13.3. The van der Waals surface area contributed by atoms with Crippen molar-refractivity contribution in [1.82, 2.24) is 4.98 Å². The van der Waals surface area contributed by atoms with Crippen LogP contribution in [0.25, 0.3) is 11.1 Å². The number of benzene rings is 1. The Labute approximate surface area is 135 Å². The summed E-state index contributed by atoms with van der Waals surface area (Å²) in [4.78, 5) is 4.42. The van der Waals surface area contributed by atoms with E-state index in [4.69, 9.17) is 5.26 Å². The average Bonchev–Trinajstić information content (AvgIpc) is 3.04. The third-order valence-electron chi connectivity index (χ3n) is 3.72. The van der Waals surface area contributed by atoms with Crippen molar-refractivity contribution in [1.29, 1.82) is 5.26 Å². The largest absolute Gasteiger partial charge is 0.245 e. The summed E-state index contributed by atoms with van der Waals surface area (Å²) < 4.78 is 23.1. The van der Waals surface area contributed by atoms with Crippen LogP contribution in [0.15, 0.2) is 59.6 Å². The Hall–Kier alpha value is -2.71. The number of hydrogen-bond acceptors (Lipinski definition) is 4. The molecule has 1 heterocycles. The molecule has 0 aliphatic heterocycles. The van der Waals surface area contributed by atoms with Crippen LogP contribution < -0.4 is 0 Å². The molecule has 0 fully saturated rings. The van der Waals surface area contributed by atoms with Gasteiger partial charge in [0.2, 0.25) is 0 Å². The third kappa shape index (κ3) is 3.08. The van der Waals surface area contributed by atoms with Crippen LogP contribution >= 0.6 is 0 Å². The van der Waals surface area contributed by atoms with Gasteiger partial charge in [-0.25, -0.2) is 13.4 Å².